The molecule has 0 bridgehead atoms. The lowest BCUT2D eigenvalue weighted by Gasteiger charge is -2.56. The lowest BCUT2D eigenvalue weighted by Crippen LogP contribution is -2.69. The van der Waals surface area contributed by atoms with Crippen molar-refractivity contribution < 1.29 is 23.9 Å². The second-order valence-corrected chi connectivity index (χ2v) is 13.4. The van der Waals surface area contributed by atoms with Crippen LogP contribution in [0.25, 0.3) is 0 Å². The predicted octanol–water partition coefficient (Wildman–Crippen LogP) is 2.18. The summed E-state index contributed by atoms with van der Waals surface area (Å²) in [5, 5.41) is 8.72. The summed E-state index contributed by atoms with van der Waals surface area (Å²) in [6.45, 7) is 13.8. The standard InChI is InChI=1S/C17H28N2O5S2Si/c1-8(11(18)20)25-15-10(14(22)23)19-12(21)9(13(19)26-15)17(5,16(2,3)4)24-27(6)7/h8-9,13,27H,1-7H3,(H2,18,20)(H,22,23)/t8?,9-,13+,17?/m0/s1. The van der Waals surface area contributed by atoms with E-state index in [-0.39, 0.29) is 22.4 Å². The van der Waals surface area contributed by atoms with Gasteiger partial charge in [-0.25, -0.2) is 4.79 Å². The molecule has 2 aliphatic rings. The molecule has 1 fully saturated rings. The highest BCUT2D eigenvalue weighted by atomic mass is 32.2. The van der Waals surface area contributed by atoms with E-state index in [9.17, 15) is 19.5 Å². The minimum Gasteiger partial charge on any atom is -0.477 e. The van der Waals surface area contributed by atoms with Crippen LogP contribution in [0.15, 0.2) is 9.93 Å². The maximum Gasteiger partial charge on any atom is 0.354 e. The number of rotatable bonds is 7. The molecular formula is C17H28N2O5S2Si. The molecule has 2 unspecified atom stereocenters. The summed E-state index contributed by atoms with van der Waals surface area (Å²) in [6, 6.07) is 0. The van der Waals surface area contributed by atoms with E-state index >= 15 is 0 Å². The average Bonchev–Trinajstić information content (AvgIpc) is 2.79. The first kappa shape index (κ1) is 22.3. The van der Waals surface area contributed by atoms with Crippen molar-refractivity contribution in [2.24, 2.45) is 17.1 Å². The molecule has 2 amide bonds. The Morgan fingerprint density at radius 2 is 1.89 bits per heavy atom. The third kappa shape index (κ3) is 3.81. The van der Waals surface area contributed by atoms with Crippen LogP contribution in [0.5, 0.6) is 0 Å². The molecule has 0 aromatic rings. The van der Waals surface area contributed by atoms with E-state index in [4.69, 9.17) is 10.2 Å². The number of carbonyl (C=O) groups is 3. The van der Waals surface area contributed by atoms with Crippen molar-refractivity contribution in [3.05, 3.63) is 9.93 Å². The maximum absolute atomic E-state index is 13.0. The third-order valence-electron chi connectivity index (χ3n) is 5.16. The van der Waals surface area contributed by atoms with Crippen molar-refractivity contribution in [1.29, 1.82) is 0 Å². The molecule has 152 valence electrons. The van der Waals surface area contributed by atoms with Gasteiger partial charge in [-0.2, -0.15) is 0 Å². The topological polar surface area (TPSA) is 110 Å². The van der Waals surface area contributed by atoms with Gasteiger partial charge in [-0.3, -0.25) is 14.5 Å². The van der Waals surface area contributed by atoms with Gasteiger partial charge in [0.15, 0.2) is 14.7 Å². The molecule has 10 heteroatoms. The average molecular weight is 433 g/mol. The lowest BCUT2D eigenvalue weighted by molar-refractivity contribution is -0.173. The molecule has 3 N–H and O–H groups in total. The largest absolute Gasteiger partial charge is 0.477 e. The highest BCUT2D eigenvalue weighted by Gasteiger charge is 2.65. The van der Waals surface area contributed by atoms with Crippen molar-refractivity contribution in [2.75, 3.05) is 0 Å². The molecule has 4 atom stereocenters. The molecule has 1 saturated heterocycles. The number of nitrogens with zero attached hydrogens (tertiary/aromatic N) is 1. The normalized spacial score (nSPS) is 25.9. The Morgan fingerprint density at radius 3 is 2.30 bits per heavy atom. The molecule has 0 aliphatic carbocycles. The van der Waals surface area contributed by atoms with E-state index in [1.807, 2.05) is 27.7 Å². The number of primary amides is 1. The van der Waals surface area contributed by atoms with Crippen LogP contribution in [0, 0.1) is 11.3 Å². The number of carbonyl (C=O) groups excluding carboxylic acids is 2. The summed E-state index contributed by atoms with van der Waals surface area (Å²) in [4.78, 5) is 37.6. The number of nitrogens with two attached hydrogens (primary N) is 1. The zero-order chi connectivity index (χ0) is 20.9. The van der Waals surface area contributed by atoms with Gasteiger partial charge in [0.05, 0.1) is 21.0 Å². The number of hydrogen-bond acceptors (Lipinski definition) is 6. The smallest absolute Gasteiger partial charge is 0.354 e. The summed E-state index contributed by atoms with van der Waals surface area (Å²) in [5.41, 5.74) is 4.25. The van der Waals surface area contributed by atoms with Crippen LogP contribution in [0.1, 0.15) is 34.6 Å². The fourth-order valence-electron chi connectivity index (χ4n) is 3.29. The summed E-state index contributed by atoms with van der Waals surface area (Å²) in [6.07, 6.45) is 0. The van der Waals surface area contributed by atoms with Crippen LogP contribution in [-0.2, 0) is 18.8 Å². The van der Waals surface area contributed by atoms with E-state index in [1.54, 1.807) is 6.92 Å². The van der Waals surface area contributed by atoms with E-state index in [0.29, 0.717) is 4.24 Å². The lowest BCUT2D eigenvalue weighted by atomic mass is 9.66. The van der Waals surface area contributed by atoms with Gasteiger partial charge < -0.3 is 15.3 Å². The zero-order valence-corrected chi connectivity index (χ0v) is 19.5. The van der Waals surface area contributed by atoms with Gasteiger partial charge in [-0.05, 0) is 32.4 Å². The summed E-state index contributed by atoms with van der Waals surface area (Å²) < 4.78 is 6.82. The van der Waals surface area contributed by atoms with Crippen LogP contribution in [0.2, 0.25) is 13.1 Å². The fourth-order valence-corrected chi connectivity index (χ4v) is 7.80. The molecular weight excluding hydrogens is 404 g/mol. The minimum absolute atomic E-state index is 0.0533. The molecule has 2 rings (SSSR count). The number of carboxylic acid groups (broad SMARTS) is 1. The molecule has 0 spiro atoms. The number of amides is 2. The van der Waals surface area contributed by atoms with Crippen LogP contribution >= 0.6 is 23.5 Å². The zero-order valence-electron chi connectivity index (χ0n) is 16.7. The molecule has 0 saturated carbocycles. The molecule has 2 aliphatic heterocycles. The number of thioether (sulfide) groups is 2. The Hall–Kier alpha value is -0.973. The quantitative estimate of drug-likeness (QED) is 0.469. The van der Waals surface area contributed by atoms with Crippen LogP contribution < -0.4 is 5.73 Å². The van der Waals surface area contributed by atoms with E-state index in [2.05, 4.69) is 13.1 Å². The van der Waals surface area contributed by atoms with Gasteiger partial charge in [-0.1, -0.05) is 32.5 Å². The van der Waals surface area contributed by atoms with Gasteiger partial charge in [0.25, 0.3) is 0 Å². The van der Waals surface area contributed by atoms with Crippen molar-refractivity contribution in [1.82, 2.24) is 4.90 Å². The SMILES string of the molecule is CC(SC1=C(C(=O)O)N2C(=O)[C@H](C(C)(O[SiH](C)C)C(C)(C)C)[C@H]2S1)C(N)=O. The summed E-state index contributed by atoms with van der Waals surface area (Å²) in [5.74, 6) is -2.38. The van der Waals surface area contributed by atoms with Crippen molar-refractivity contribution in [3.8, 4) is 0 Å². The second-order valence-electron chi connectivity index (χ2n) is 8.32. The number of aliphatic carboxylic acids is 1. The Balaban J connectivity index is 2.38. The first-order valence-corrected chi connectivity index (χ1v) is 13.4. The van der Waals surface area contributed by atoms with Gasteiger partial charge in [0, 0.05) is 0 Å². The molecule has 27 heavy (non-hydrogen) atoms. The van der Waals surface area contributed by atoms with Crippen molar-refractivity contribution in [3.63, 3.8) is 0 Å². The van der Waals surface area contributed by atoms with Crippen molar-refractivity contribution in [2.45, 2.75) is 63.9 Å². The van der Waals surface area contributed by atoms with E-state index in [1.165, 1.54) is 16.7 Å². The number of β-lactam (4-membered cyclic amide) rings is 1. The number of hydrogen-bond donors (Lipinski definition) is 2. The fraction of sp³-hybridized carbons (Fsp3) is 0.706. The highest BCUT2D eigenvalue weighted by Crippen LogP contribution is 2.59. The third-order valence-corrected chi connectivity index (χ3v) is 8.82. The number of fused-ring (bicyclic) bond motifs is 1. The molecule has 2 heterocycles. The Morgan fingerprint density at radius 1 is 1.33 bits per heavy atom. The number of carboxylic acids is 1. The van der Waals surface area contributed by atoms with Gasteiger partial charge in [0.2, 0.25) is 11.8 Å². The molecule has 0 aromatic heterocycles. The van der Waals surface area contributed by atoms with E-state index < -0.39 is 37.7 Å². The molecule has 0 aromatic carbocycles. The first-order valence-electron chi connectivity index (χ1n) is 8.83. The monoisotopic (exact) mass is 432 g/mol. The second kappa shape index (κ2) is 7.45. The summed E-state index contributed by atoms with van der Waals surface area (Å²) >= 11 is 2.42. The minimum atomic E-state index is -1.46. The van der Waals surface area contributed by atoms with Crippen molar-refractivity contribution >= 4 is 50.3 Å². The first-order chi connectivity index (χ1) is 12.2. The molecule has 7 nitrogen and oxygen atoms in total. The maximum atomic E-state index is 13.0. The predicted molar refractivity (Wildman–Crippen MR) is 110 cm³/mol. The Bertz CT molecular complexity index is 706. The van der Waals surface area contributed by atoms with Crippen LogP contribution in [-0.4, -0.2) is 53.1 Å². The Labute approximate surface area is 170 Å². The van der Waals surface area contributed by atoms with Gasteiger partial charge in [0.1, 0.15) is 5.37 Å². The van der Waals surface area contributed by atoms with E-state index in [0.717, 1.165) is 11.8 Å². The van der Waals surface area contributed by atoms with Crippen LogP contribution in [0.3, 0.4) is 0 Å². The summed E-state index contributed by atoms with van der Waals surface area (Å²) in [7, 11) is -1.46. The Kier molecular flexibility index (Phi) is 6.16. The van der Waals surface area contributed by atoms with Crippen LogP contribution in [0.4, 0.5) is 0 Å². The molecule has 0 radical (unpaired) electrons. The van der Waals surface area contributed by atoms with Gasteiger partial charge in [-0.15, -0.1) is 11.8 Å². The van der Waals surface area contributed by atoms with Gasteiger partial charge >= 0.3 is 5.97 Å². The highest BCUT2D eigenvalue weighted by molar-refractivity contribution is 8.23.